The lowest BCUT2D eigenvalue weighted by molar-refractivity contribution is -0.135. The van der Waals surface area contributed by atoms with Gasteiger partial charge in [0.15, 0.2) is 0 Å². The molecular weight excluding hydrogens is 226 g/mol. The molecule has 78 valence electrons. The highest BCUT2D eigenvalue weighted by Crippen LogP contribution is 2.24. The number of hydrogen-bond donors (Lipinski definition) is 1. The molecule has 0 bridgehead atoms. The van der Waals surface area contributed by atoms with Crippen LogP contribution in [0.1, 0.15) is 6.92 Å². The number of methoxy groups -OCH3 is 1. The largest absolute Gasteiger partial charge is 0.465 e. The Bertz CT molecular complexity index is 476. The summed E-state index contributed by atoms with van der Waals surface area (Å²) in [6, 6.07) is 0. The van der Waals surface area contributed by atoms with Gasteiger partial charge in [-0.25, -0.2) is 4.79 Å². The van der Waals surface area contributed by atoms with E-state index >= 15 is 0 Å². The van der Waals surface area contributed by atoms with Crippen LogP contribution in [0.15, 0.2) is 21.6 Å². The fourth-order valence-corrected chi connectivity index (χ4v) is 3.99. The van der Waals surface area contributed by atoms with E-state index in [-0.39, 0.29) is 9.93 Å². The predicted octanol–water partition coefficient (Wildman–Crippen LogP) is -0.340. The molecule has 14 heavy (non-hydrogen) atoms. The lowest BCUT2D eigenvalue weighted by Crippen LogP contribution is -2.12. The van der Waals surface area contributed by atoms with E-state index in [2.05, 4.69) is 4.74 Å². The molecule has 0 aliphatic carbocycles. The third-order valence-electron chi connectivity index (χ3n) is 1.66. The molecule has 5 nitrogen and oxygen atoms in total. The summed E-state index contributed by atoms with van der Waals surface area (Å²) in [5.41, 5.74) is 6.14. The van der Waals surface area contributed by atoms with Gasteiger partial charge in [0, 0.05) is 9.45 Å². The number of hydrogen-bond acceptors (Lipinski definition) is 5. The zero-order valence-electron chi connectivity index (χ0n) is 7.60. The SMILES string of the molecule is COC(=O)C1=CC(C)=C(N)S1=S(=O)=O. The second-order valence-electron chi connectivity index (χ2n) is 2.52. The number of rotatable bonds is 1. The van der Waals surface area contributed by atoms with E-state index in [9.17, 15) is 13.2 Å². The maximum Gasteiger partial charge on any atom is 0.345 e. The number of ether oxygens (including phenoxy) is 1. The molecule has 0 aromatic heterocycles. The summed E-state index contributed by atoms with van der Waals surface area (Å²) < 4.78 is 26.1. The van der Waals surface area contributed by atoms with Gasteiger partial charge < -0.3 is 10.5 Å². The van der Waals surface area contributed by atoms with Crippen LogP contribution in [-0.2, 0) is 28.2 Å². The van der Waals surface area contributed by atoms with Crippen LogP contribution in [0.5, 0.6) is 0 Å². The zero-order chi connectivity index (χ0) is 10.9. The molecule has 0 aromatic carbocycles. The van der Waals surface area contributed by atoms with Crippen molar-refractivity contribution < 1.29 is 17.9 Å². The highest BCUT2D eigenvalue weighted by Gasteiger charge is 2.25. The topological polar surface area (TPSA) is 86.5 Å². The van der Waals surface area contributed by atoms with Crippen molar-refractivity contribution in [2.75, 3.05) is 7.11 Å². The molecule has 1 unspecified atom stereocenters. The van der Waals surface area contributed by atoms with Crippen molar-refractivity contribution in [1.82, 2.24) is 0 Å². The van der Waals surface area contributed by atoms with Crippen LogP contribution in [0.3, 0.4) is 0 Å². The van der Waals surface area contributed by atoms with Crippen LogP contribution in [0.2, 0.25) is 0 Å². The van der Waals surface area contributed by atoms with Crippen LogP contribution < -0.4 is 5.73 Å². The first-order chi connectivity index (χ1) is 6.49. The Morgan fingerprint density at radius 1 is 1.57 bits per heavy atom. The fraction of sp³-hybridized carbons (Fsp3) is 0.286. The van der Waals surface area contributed by atoms with Crippen molar-refractivity contribution in [3.63, 3.8) is 0 Å². The molecule has 1 rings (SSSR count). The van der Waals surface area contributed by atoms with E-state index in [0.29, 0.717) is 5.57 Å². The van der Waals surface area contributed by atoms with Crippen LogP contribution >= 0.6 is 0 Å². The summed E-state index contributed by atoms with van der Waals surface area (Å²) in [7, 11) is -2.58. The molecule has 0 saturated heterocycles. The molecule has 0 radical (unpaired) electrons. The van der Waals surface area contributed by atoms with Crippen LogP contribution in [0.25, 0.3) is 0 Å². The molecule has 1 heterocycles. The van der Waals surface area contributed by atoms with Gasteiger partial charge in [-0.05, 0) is 18.6 Å². The molecule has 0 aromatic rings. The zero-order valence-corrected chi connectivity index (χ0v) is 9.24. The lowest BCUT2D eigenvalue weighted by atomic mass is 10.3. The second-order valence-corrected chi connectivity index (χ2v) is 6.16. The van der Waals surface area contributed by atoms with Crippen molar-refractivity contribution in [3.8, 4) is 0 Å². The molecular formula is C7H9NO4S2. The van der Waals surface area contributed by atoms with Gasteiger partial charge in [0.1, 0.15) is 4.91 Å². The average Bonchev–Trinajstić information content (AvgIpc) is 2.42. The Morgan fingerprint density at radius 2 is 2.14 bits per heavy atom. The first-order valence-electron chi connectivity index (χ1n) is 3.59. The molecule has 7 heteroatoms. The summed E-state index contributed by atoms with van der Waals surface area (Å²) in [6.07, 6.45) is 1.44. The van der Waals surface area contributed by atoms with Gasteiger partial charge in [-0.15, -0.1) is 0 Å². The Kier molecular flexibility index (Phi) is 3.12. The maximum absolute atomic E-state index is 11.2. The quantitative estimate of drug-likeness (QED) is 0.628. The van der Waals surface area contributed by atoms with Gasteiger partial charge in [0.05, 0.1) is 12.1 Å². The smallest absolute Gasteiger partial charge is 0.345 e. The van der Waals surface area contributed by atoms with E-state index in [0.717, 1.165) is 0 Å². The molecule has 0 saturated carbocycles. The third kappa shape index (κ3) is 1.73. The summed E-state index contributed by atoms with van der Waals surface area (Å²) >= 11 is 0. The fourth-order valence-electron chi connectivity index (χ4n) is 0.968. The third-order valence-corrected chi connectivity index (χ3v) is 5.23. The minimum atomic E-state index is -2.42. The maximum atomic E-state index is 11.2. The number of carbonyl (C=O) groups excluding carboxylic acids is 1. The minimum Gasteiger partial charge on any atom is -0.465 e. The van der Waals surface area contributed by atoms with Gasteiger partial charge in [-0.2, -0.15) is 8.42 Å². The van der Waals surface area contributed by atoms with E-state index in [4.69, 9.17) is 5.73 Å². The Hall–Kier alpha value is -1.08. The molecule has 0 fully saturated rings. The van der Waals surface area contributed by atoms with Gasteiger partial charge in [-0.3, -0.25) is 0 Å². The van der Waals surface area contributed by atoms with Crippen molar-refractivity contribution >= 4 is 24.7 Å². The summed E-state index contributed by atoms with van der Waals surface area (Å²) in [5, 5.41) is 0.207. The molecule has 0 amide bonds. The molecule has 2 N–H and O–H groups in total. The van der Waals surface area contributed by atoms with E-state index in [1.165, 1.54) is 13.2 Å². The van der Waals surface area contributed by atoms with Gasteiger partial charge in [-0.1, -0.05) is 0 Å². The van der Waals surface area contributed by atoms with E-state index in [1.807, 2.05) is 0 Å². The van der Waals surface area contributed by atoms with E-state index < -0.39 is 24.7 Å². The molecule has 1 atom stereocenters. The number of carbonyl (C=O) groups is 1. The highest BCUT2D eigenvalue weighted by molar-refractivity contribution is 8.38. The first kappa shape index (κ1) is 11.0. The highest BCUT2D eigenvalue weighted by atomic mass is 32.9. The molecule has 1 aliphatic rings. The predicted molar refractivity (Wildman–Crippen MR) is 53.3 cm³/mol. The lowest BCUT2D eigenvalue weighted by Gasteiger charge is -2.01. The Morgan fingerprint density at radius 3 is 2.57 bits per heavy atom. The summed E-state index contributed by atoms with van der Waals surface area (Å²) in [5.74, 6) is -0.655. The van der Waals surface area contributed by atoms with Crippen LogP contribution in [0.4, 0.5) is 0 Å². The molecule has 0 spiro atoms. The van der Waals surface area contributed by atoms with Crippen molar-refractivity contribution in [1.29, 1.82) is 0 Å². The van der Waals surface area contributed by atoms with Gasteiger partial charge in [0.25, 0.3) is 9.26 Å². The van der Waals surface area contributed by atoms with Gasteiger partial charge >= 0.3 is 5.97 Å². The van der Waals surface area contributed by atoms with Crippen molar-refractivity contribution in [3.05, 3.63) is 21.6 Å². The van der Waals surface area contributed by atoms with E-state index in [1.54, 1.807) is 6.92 Å². The van der Waals surface area contributed by atoms with Crippen LogP contribution in [0, 0.1) is 0 Å². The Labute approximate surface area is 84.4 Å². The van der Waals surface area contributed by atoms with Crippen LogP contribution in [-0.4, -0.2) is 21.5 Å². The van der Waals surface area contributed by atoms with Crippen molar-refractivity contribution in [2.24, 2.45) is 5.73 Å². The van der Waals surface area contributed by atoms with Gasteiger partial charge in [0.2, 0.25) is 0 Å². The monoisotopic (exact) mass is 235 g/mol. The minimum absolute atomic E-state index is 0.0934. The summed E-state index contributed by atoms with van der Waals surface area (Å²) in [4.78, 5) is 11.3. The second kappa shape index (κ2) is 3.97. The first-order valence-corrected chi connectivity index (χ1v) is 6.41. The summed E-state index contributed by atoms with van der Waals surface area (Å²) in [6.45, 7) is 1.65. The standard InChI is InChI=1S/C7H9NO4S2/c1-4-3-5(7(9)12-2)13(6(4)8)14(10)11/h3H,8H2,1-2H3. The number of nitrogens with two attached hydrogens (primary N) is 1. The molecule has 1 aliphatic heterocycles. The van der Waals surface area contributed by atoms with Crippen molar-refractivity contribution in [2.45, 2.75) is 6.92 Å². The number of allylic oxidation sites excluding steroid dienone is 2. The Balaban J connectivity index is 3.37. The average molecular weight is 235 g/mol. The normalized spacial score (nSPS) is 20.7. The number of esters is 1.